The van der Waals surface area contributed by atoms with Gasteiger partial charge in [0.15, 0.2) is 0 Å². The van der Waals surface area contributed by atoms with E-state index in [9.17, 15) is 4.79 Å². The van der Waals surface area contributed by atoms with Crippen LogP contribution in [0.15, 0.2) is 30.3 Å². The Kier molecular flexibility index (Phi) is 2.53. The quantitative estimate of drug-likeness (QED) is 0.685. The van der Waals surface area contributed by atoms with Crippen molar-refractivity contribution in [1.29, 1.82) is 0 Å². The Morgan fingerprint density at radius 1 is 1.33 bits per heavy atom. The summed E-state index contributed by atoms with van der Waals surface area (Å²) in [6.07, 6.45) is 0.312. The standard InChI is InChI=1S/C10H10N4O/c1-14-12-10(11-13-14)9(15)7-8-5-3-2-4-6-8/h2-6H,7H2,1H3. The maximum Gasteiger partial charge on any atom is 0.240 e. The van der Waals surface area contributed by atoms with Crippen molar-refractivity contribution in [1.82, 2.24) is 20.2 Å². The number of hydrogen-bond acceptors (Lipinski definition) is 4. The second kappa shape index (κ2) is 4.00. The molecule has 0 bridgehead atoms. The first kappa shape index (κ1) is 9.51. The molecular formula is C10H10N4O. The molecule has 1 aromatic heterocycles. The molecule has 1 aromatic carbocycles. The lowest BCUT2D eigenvalue weighted by molar-refractivity contribution is 0.0982. The molecule has 0 amide bonds. The predicted molar refractivity (Wildman–Crippen MR) is 53.3 cm³/mol. The van der Waals surface area contributed by atoms with Crippen LogP contribution in [-0.2, 0) is 13.5 Å². The Hall–Kier alpha value is -2.04. The molecule has 0 saturated heterocycles. The Morgan fingerprint density at radius 3 is 2.67 bits per heavy atom. The summed E-state index contributed by atoms with van der Waals surface area (Å²) in [6.45, 7) is 0. The molecule has 0 aliphatic carbocycles. The van der Waals surface area contributed by atoms with E-state index in [4.69, 9.17) is 0 Å². The highest BCUT2D eigenvalue weighted by atomic mass is 16.1. The molecule has 0 radical (unpaired) electrons. The van der Waals surface area contributed by atoms with Crippen molar-refractivity contribution in [2.24, 2.45) is 7.05 Å². The van der Waals surface area contributed by atoms with Gasteiger partial charge in [-0.1, -0.05) is 30.3 Å². The molecule has 0 unspecified atom stereocenters. The SMILES string of the molecule is Cn1nnc(C(=O)Cc2ccccc2)n1. The smallest absolute Gasteiger partial charge is 0.240 e. The fraction of sp³-hybridized carbons (Fsp3) is 0.200. The van der Waals surface area contributed by atoms with Gasteiger partial charge in [0.05, 0.1) is 7.05 Å². The number of tetrazole rings is 1. The van der Waals surface area contributed by atoms with Crippen LogP contribution in [-0.4, -0.2) is 26.0 Å². The van der Waals surface area contributed by atoms with Crippen LogP contribution in [0.2, 0.25) is 0 Å². The summed E-state index contributed by atoms with van der Waals surface area (Å²) in [6, 6.07) is 9.50. The van der Waals surface area contributed by atoms with Crippen LogP contribution >= 0.6 is 0 Å². The van der Waals surface area contributed by atoms with Crippen molar-refractivity contribution in [2.45, 2.75) is 6.42 Å². The van der Waals surface area contributed by atoms with Gasteiger partial charge in [0.2, 0.25) is 11.6 Å². The molecule has 15 heavy (non-hydrogen) atoms. The molecule has 0 aliphatic heterocycles. The number of carbonyl (C=O) groups excluding carboxylic acids is 1. The van der Waals surface area contributed by atoms with Crippen LogP contribution in [0.5, 0.6) is 0 Å². The molecule has 0 aliphatic rings. The molecule has 0 fully saturated rings. The number of aryl methyl sites for hydroxylation is 1. The van der Waals surface area contributed by atoms with Gasteiger partial charge in [-0.25, -0.2) is 0 Å². The summed E-state index contributed by atoms with van der Waals surface area (Å²) in [5.41, 5.74) is 0.954. The number of hydrogen-bond donors (Lipinski definition) is 0. The van der Waals surface area contributed by atoms with Crippen molar-refractivity contribution in [2.75, 3.05) is 0 Å². The van der Waals surface area contributed by atoms with Gasteiger partial charge in [-0.15, -0.1) is 10.2 Å². The van der Waals surface area contributed by atoms with Crippen molar-refractivity contribution in [3.63, 3.8) is 0 Å². The third-order valence-electron chi connectivity index (χ3n) is 1.97. The van der Waals surface area contributed by atoms with Crippen LogP contribution in [0.3, 0.4) is 0 Å². The molecule has 76 valence electrons. The summed E-state index contributed by atoms with van der Waals surface area (Å²) < 4.78 is 0. The summed E-state index contributed by atoms with van der Waals surface area (Å²) in [5.74, 6) is 0.0515. The monoisotopic (exact) mass is 202 g/mol. The fourth-order valence-electron chi connectivity index (χ4n) is 1.26. The molecule has 0 atom stereocenters. The molecule has 0 saturated carbocycles. The van der Waals surface area contributed by atoms with E-state index < -0.39 is 0 Å². The Labute approximate surface area is 86.7 Å². The van der Waals surface area contributed by atoms with Crippen LogP contribution in [0.1, 0.15) is 16.2 Å². The average molecular weight is 202 g/mol. The summed E-state index contributed by atoms with van der Waals surface area (Å²) in [5, 5.41) is 11.1. The molecule has 2 aromatic rings. The highest BCUT2D eigenvalue weighted by Gasteiger charge is 2.12. The van der Waals surface area contributed by atoms with Crippen molar-refractivity contribution < 1.29 is 4.79 Å². The number of ketones is 1. The zero-order chi connectivity index (χ0) is 10.7. The first-order valence-corrected chi connectivity index (χ1v) is 4.57. The largest absolute Gasteiger partial charge is 0.290 e. The number of carbonyl (C=O) groups is 1. The summed E-state index contributed by atoms with van der Waals surface area (Å²) >= 11 is 0. The summed E-state index contributed by atoms with van der Waals surface area (Å²) in [4.78, 5) is 12.9. The molecule has 5 heteroatoms. The van der Waals surface area contributed by atoms with E-state index in [0.29, 0.717) is 6.42 Å². The minimum atomic E-state index is -0.116. The zero-order valence-corrected chi connectivity index (χ0v) is 8.29. The number of benzene rings is 1. The van der Waals surface area contributed by atoms with E-state index in [0.717, 1.165) is 5.56 Å². The Balaban J connectivity index is 2.11. The molecule has 2 rings (SSSR count). The van der Waals surface area contributed by atoms with Gasteiger partial charge >= 0.3 is 0 Å². The van der Waals surface area contributed by atoms with Gasteiger partial charge in [0, 0.05) is 6.42 Å². The lowest BCUT2D eigenvalue weighted by Gasteiger charge is -1.95. The van der Waals surface area contributed by atoms with E-state index in [1.807, 2.05) is 30.3 Å². The topological polar surface area (TPSA) is 60.7 Å². The molecule has 0 N–H and O–H groups in total. The second-order valence-corrected chi connectivity index (χ2v) is 3.19. The third kappa shape index (κ3) is 2.25. The van der Waals surface area contributed by atoms with Gasteiger partial charge in [-0.05, 0) is 10.8 Å². The van der Waals surface area contributed by atoms with Gasteiger partial charge in [-0.3, -0.25) is 4.79 Å². The maximum atomic E-state index is 11.6. The van der Waals surface area contributed by atoms with E-state index in [1.165, 1.54) is 4.80 Å². The van der Waals surface area contributed by atoms with Crippen LogP contribution < -0.4 is 0 Å². The normalized spacial score (nSPS) is 10.2. The van der Waals surface area contributed by atoms with Crippen LogP contribution in [0.25, 0.3) is 0 Å². The van der Waals surface area contributed by atoms with Crippen molar-refractivity contribution in [3.05, 3.63) is 41.7 Å². The first-order valence-electron chi connectivity index (χ1n) is 4.57. The van der Waals surface area contributed by atoms with Crippen molar-refractivity contribution in [3.8, 4) is 0 Å². The minimum absolute atomic E-state index is 0.116. The number of rotatable bonds is 3. The predicted octanol–water partition coefficient (Wildman–Crippen LogP) is 0.635. The van der Waals surface area contributed by atoms with Gasteiger partial charge in [0.25, 0.3) is 0 Å². The third-order valence-corrected chi connectivity index (χ3v) is 1.97. The molecular weight excluding hydrogens is 192 g/mol. The Morgan fingerprint density at radius 2 is 2.07 bits per heavy atom. The van der Waals surface area contributed by atoms with Crippen molar-refractivity contribution >= 4 is 5.78 Å². The molecule has 0 spiro atoms. The summed E-state index contributed by atoms with van der Waals surface area (Å²) in [7, 11) is 1.63. The highest BCUT2D eigenvalue weighted by molar-refractivity contribution is 5.93. The van der Waals surface area contributed by atoms with E-state index >= 15 is 0 Å². The van der Waals surface area contributed by atoms with Gasteiger partial charge < -0.3 is 0 Å². The number of aromatic nitrogens is 4. The second-order valence-electron chi connectivity index (χ2n) is 3.19. The van der Waals surface area contributed by atoms with E-state index in [1.54, 1.807) is 7.05 Å². The van der Waals surface area contributed by atoms with E-state index in [2.05, 4.69) is 15.4 Å². The Bertz CT molecular complexity index is 463. The first-order chi connectivity index (χ1) is 7.25. The molecule has 5 nitrogen and oxygen atoms in total. The van der Waals surface area contributed by atoms with Gasteiger partial charge in [-0.2, -0.15) is 4.80 Å². The van der Waals surface area contributed by atoms with Crippen LogP contribution in [0, 0.1) is 0 Å². The minimum Gasteiger partial charge on any atom is -0.290 e. The molecule has 1 heterocycles. The number of nitrogens with zero attached hydrogens (tertiary/aromatic N) is 4. The lowest BCUT2D eigenvalue weighted by Crippen LogP contribution is -2.06. The van der Waals surface area contributed by atoms with E-state index in [-0.39, 0.29) is 11.6 Å². The van der Waals surface area contributed by atoms with Gasteiger partial charge in [0.1, 0.15) is 0 Å². The number of Topliss-reactive ketones (excluding diaryl/α,β-unsaturated/α-hetero) is 1. The van der Waals surface area contributed by atoms with Crippen LogP contribution in [0.4, 0.5) is 0 Å². The maximum absolute atomic E-state index is 11.6. The highest BCUT2D eigenvalue weighted by Crippen LogP contribution is 2.02. The lowest BCUT2D eigenvalue weighted by atomic mass is 10.1. The zero-order valence-electron chi connectivity index (χ0n) is 8.29. The average Bonchev–Trinajstić information content (AvgIpc) is 2.66. The fourth-order valence-corrected chi connectivity index (χ4v) is 1.26.